The summed E-state index contributed by atoms with van der Waals surface area (Å²) in [7, 11) is 0.726. The van der Waals surface area contributed by atoms with Crippen LogP contribution in [0.1, 0.15) is 20.8 Å². The van der Waals surface area contributed by atoms with Gasteiger partial charge in [-0.05, 0) is 13.5 Å². The van der Waals surface area contributed by atoms with Crippen molar-refractivity contribution in [3.8, 4) is 0 Å². The third-order valence-electron chi connectivity index (χ3n) is 2.61. The average molecular weight is 232 g/mol. The van der Waals surface area contributed by atoms with Crippen molar-refractivity contribution in [3.05, 3.63) is 0 Å². The summed E-state index contributed by atoms with van der Waals surface area (Å²) < 4.78 is 8.70. The predicted molar refractivity (Wildman–Crippen MR) is 60.1 cm³/mol. The maximum absolute atomic E-state index is 11.3. The molecule has 0 bridgehead atoms. The summed E-state index contributed by atoms with van der Waals surface area (Å²) in [6.45, 7) is 7.11. The smallest absolute Gasteiger partial charge is 0.383 e. The first-order valence-corrected chi connectivity index (χ1v) is 7.20. The highest BCUT2D eigenvalue weighted by Gasteiger charge is 2.43. The summed E-state index contributed by atoms with van der Waals surface area (Å²) in [5.74, 6) is -0.184. The number of hydrogen-bond donors (Lipinski definition) is 0. The molecule has 0 aromatic rings. The zero-order valence-electron chi connectivity index (χ0n) is 10.3. The molecule has 0 radical (unpaired) electrons. The summed E-state index contributed by atoms with van der Waals surface area (Å²) in [6, 6.07) is 0. The molecule has 0 aromatic heterocycles. The molecule has 2 amide bonds. The molecule has 0 aliphatic carbocycles. The van der Waals surface area contributed by atoms with Gasteiger partial charge < -0.3 is 13.6 Å². The summed E-state index contributed by atoms with van der Waals surface area (Å²) in [5.41, 5.74) is 0. The van der Waals surface area contributed by atoms with Crippen LogP contribution in [0.4, 0.5) is 0 Å². The lowest BCUT2D eigenvalue weighted by atomic mass is 10.7. The molecule has 88 valence electrons. The van der Waals surface area contributed by atoms with Crippen molar-refractivity contribution in [2.75, 3.05) is 20.7 Å². The van der Waals surface area contributed by atoms with Crippen molar-refractivity contribution in [3.63, 3.8) is 0 Å². The van der Waals surface area contributed by atoms with Gasteiger partial charge in [0.15, 0.2) is 0 Å². The molecule has 0 atom stereocenters. The Kier molecular flexibility index (Phi) is 4.96. The Hall–Kier alpha value is -0.883. The molecule has 0 saturated carbocycles. The van der Waals surface area contributed by atoms with E-state index < -0.39 is 8.64 Å². The molecule has 0 unspecified atom stereocenters. The van der Waals surface area contributed by atoms with Crippen LogP contribution in [0, 0.1) is 0 Å². The number of hydrogen-bond acceptors (Lipinski definition) is 3. The first-order chi connectivity index (χ1) is 6.77. The van der Waals surface area contributed by atoms with E-state index in [2.05, 4.69) is 0 Å². The van der Waals surface area contributed by atoms with Gasteiger partial charge in [-0.25, -0.2) is 0 Å². The number of rotatable bonds is 4. The van der Waals surface area contributed by atoms with Crippen LogP contribution in [0.25, 0.3) is 0 Å². The second kappa shape index (κ2) is 5.27. The minimum Gasteiger partial charge on any atom is -0.383 e. The minimum atomic E-state index is -2.61. The Balaban J connectivity index is 5.03. The monoisotopic (exact) mass is 232 g/mol. The Labute approximate surface area is 92.3 Å². The summed E-state index contributed by atoms with van der Waals surface area (Å²) in [5, 5.41) is 0. The van der Waals surface area contributed by atoms with Gasteiger partial charge in [-0.2, -0.15) is 0 Å². The average Bonchev–Trinajstić information content (AvgIpc) is 2.15. The fraction of sp³-hybridized carbons (Fsp3) is 0.778. The Morgan fingerprint density at radius 3 is 1.67 bits per heavy atom. The SMILES string of the molecule is CCO[Si](C)(N(C)C(C)=O)N(C)C(C)=O. The lowest BCUT2D eigenvalue weighted by Crippen LogP contribution is -2.65. The molecule has 6 heteroatoms. The van der Waals surface area contributed by atoms with E-state index in [0.717, 1.165) is 0 Å². The highest BCUT2D eigenvalue weighted by molar-refractivity contribution is 6.71. The molecule has 0 rings (SSSR count). The molecule has 0 N–H and O–H groups in total. The van der Waals surface area contributed by atoms with Crippen molar-refractivity contribution in [1.29, 1.82) is 0 Å². The molecular formula is C9H20N2O3Si. The van der Waals surface area contributed by atoms with Gasteiger partial charge in [0.2, 0.25) is 11.8 Å². The van der Waals surface area contributed by atoms with E-state index in [1.807, 2.05) is 13.5 Å². The number of nitrogens with zero attached hydrogens (tertiary/aromatic N) is 2. The van der Waals surface area contributed by atoms with Gasteiger partial charge in [0, 0.05) is 34.5 Å². The van der Waals surface area contributed by atoms with Gasteiger partial charge in [-0.15, -0.1) is 0 Å². The van der Waals surface area contributed by atoms with Gasteiger partial charge in [0.05, 0.1) is 0 Å². The Bertz CT molecular complexity index is 238. The summed E-state index contributed by atoms with van der Waals surface area (Å²) in [6.07, 6.45) is 0. The third-order valence-corrected chi connectivity index (χ3v) is 6.56. The fourth-order valence-corrected chi connectivity index (χ4v) is 3.83. The maximum Gasteiger partial charge on any atom is 0.419 e. The van der Waals surface area contributed by atoms with E-state index in [1.165, 1.54) is 23.0 Å². The topological polar surface area (TPSA) is 49.9 Å². The number of carbonyl (C=O) groups is 2. The standard InChI is InChI=1S/C9H20N2O3Si/c1-7-14-15(6,10(4)8(2)12)11(5)9(3)13/h7H2,1-6H3. The van der Waals surface area contributed by atoms with Crippen LogP contribution < -0.4 is 0 Å². The minimum absolute atomic E-state index is 0.0919. The predicted octanol–water partition coefficient (Wildman–Crippen LogP) is 0.548. The quantitative estimate of drug-likeness (QED) is 0.665. The summed E-state index contributed by atoms with van der Waals surface area (Å²) >= 11 is 0. The van der Waals surface area contributed by atoms with Gasteiger partial charge in [0.25, 0.3) is 0 Å². The van der Waals surface area contributed by atoms with Crippen molar-refractivity contribution < 1.29 is 14.0 Å². The maximum atomic E-state index is 11.3. The van der Waals surface area contributed by atoms with E-state index in [4.69, 9.17) is 4.43 Å². The van der Waals surface area contributed by atoms with Crippen LogP contribution in [0.15, 0.2) is 0 Å². The van der Waals surface area contributed by atoms with Crippen LogP contribution in [0.2, 0.25) is 6.55 Å². The van der Waals surface area contributed by atoms with Gasteiger partial charge in [0.1, 0.15) is 0 Å². The molecule has 15 heavy (non-hydrogen) atoms. The molecule has 0 fully saturated rings. The van der Waals surface area contributed by atoms with Crippen molar-refractivity contribution in [2.24, 2.45) is 0 Å². The van der Waals surface area contributed by atoms with Crippen LogP contribution in [-0.4, -0.2) is 50.3 Å². The van der Waals surface area contributed by atoms with Crippen LogP contribution >= 0.6 is 0 Å². The van der Waals surface area contributed by atoms with E-state index in [1.54, 1.807) is 14.1 Å². The zero-order chi connectivity index (χ0) is 12.2. The van der Waals surface area contributed by atoms with E-state index >= 15 is 0 Å². The highest BCUT2D eigenvalue weighted by Crippen LogP contribution is 2.14. The van der Waals surface area contributed by atoms with Gasteiger partial charge >= 0.3 is 8.64 Å². The van der Waals surface area contributed by atoms with Crippen molar-refractivity contribution in [2.45, 2.75) is 27.3 Å². The Morgan fingerprint density at radius 2 is 1.47 bits per heavy atom. The highest BCUT2D eigenvalue weighted by atomic mass is 28.4. The van der Waals surface area contributed by atoms with Crippen LogP contribution in [0.3, 0.4) is 0 Å². The van der Waals surface area contributed by atoms with Crippen molar-refractivity contribution >= 4 is 20.5 Å². The largest absolute Gasteiger partial charge is 0.419 e. The first kappa shape index (κ1) is 14.1. The molecular weight excluding hydrogens is 212 g/mol. The molecule has 0 heterocycles. The third kappa shape index (κ3) is 3.03. The van der Waals surface area contributed by atoms with Crippen molar-refractivity contribution in [1.82, 2.24) is 9.13 Å². The molecule has 0 aliphatic heterocycles. The normalized spacial score (nSPS) is 11.1. The molecule has 0 aromatic carbocycles. The second-order valence-corrected chi connectivity index (χ2v) is 7.02. The zero-order valence-corrected chi connectivity index (χ0v) is 11.3. The van der Waals surface area contributed by atoms with Gasteiger partial charge in [-0.1, -0.05) is 0 Å². The fourth-order valence-electron chi connectivity index (χ4n) is 1.28. The lowest BCUT2D eigenvalue weighted by Gasteiger charge is -2.40. The second-order valence-electron chi connectivity index (χ2n) is 3.52. The van der Waals surface area contributed by atoms with Crippen LogP contribution in [0.5, 0.6) is 0 Å². The Morgan fingerprint density at radius 1 is 1.13 bits per heavy atom. The molecule has 0 spiro atoms. The lowest BCUT2D eigenvalue weighted by molar-refractivity contribution is -0.127. The van der Waals surface area contributed by atoms with E-state index in [0.29, 0.717) is 6.61 Å². The molecule has 5 nitrogen and oxygen atoms in total. The van der Waals surface area contributed by atoms with E-state index in [-0.39, 0.29) is 11.8 Å². The number of amides is 2. The summed E-state index contributed by atoms with van der Waals surface area (Å²) in [4.78, 5) is 22.7. The van der Waals surface area contributed by atoms with E-state index in [9.17, 15) is 9.59 Å². The molecule has 0 saturated heterocycles. The number of carbonyl (C=O) groups excluding carboxylic acids is 2. The first-order valence-electron chi connectivity index (χ1n) is 4.90. The van der Waals surface area contributed by atoms with Crippen LogP contribution in [-0.2, 0) is 14.0 Å². The molecule has 0 aliphatic rings. The van der Waals surface area contributed by atoms with Gasteiger partial charge in [-0.3, -0.25) is 9.59 Å².